The number of hydrogen-bond acceptors (Lipinski definition) is 5. The first kappa shape index (κ1) is 14.7. The van der Waals surface area contributed by atoms with Gasteiger partial charge in [-0.25, -0.2) is 9.48 Å². The Balaban J connectivity index is 1.55. The molecule has 2 amide bonds. The summed E-state index contributed by atoms with van der Waals surface area (Å²) < 4.78 is 3.51. The second kappa shape index (κ2) is 6.69. The van der Waals surface area contributed by atoms with Crippen molar-refractivity contribution in [3.8, 4) is 5.69 Å². The maximum Gasteiger partial charge on any atom is 0.319 e. The zero-order valence-corrected chi connectivity index (χ0v) is 12.5. The van der Waals surface area contributed by atoms with E-state index in [1.165, 1.54) is 0 Å². The quantitative estimate of drug-likeness (QED) is 0.737. The van der Waals surface area contributed by atoms with Gasteiger partial charge < -0.3 is 15.2 Å². The second-order valence-corrected chi connectivity index (χ2v) is 4.74. The summed E-state index contributed by atoms with van der Waals surface area (Å²) in [6, 6.07) is 6.98. The van der Waals surface area contributed by atoms with Crippen molar-refractivity contribution >= 4 is 11.7 Å². The first-order valence-corrected chi connectivity index (χ1v) is 7.14. The van der Waals surface area contributed by atoms with E-state index in [9.17, 15) is 4.79 Å². The fraction of sp³-hybridized carbons (Fsp3) is 0.214. The van der Waals surface area contributed by atoms with Gasteiger partial charge in [-0.15, -0.1) is 15.3 Å². The molecule has 2 aromatic heterocycles. The molecule has 3 aromatic rings. The Bertz CT molecular complexity index is 762. The normalized spacial score (nSPS) is 10.5. The van der Waals surface area contributed by atoms with Gasteiger partial charge in [0.15, 0.2) is 5.82 Å². The van der Waals surface area contributed by atoms with Crippen molar-refractivity contribution in [2.75, 3.05) is 5.32 Å². The first-order valence-electron chi connectivity index (χ1n) is 7.14. The molecule has 0 aliphatic carbocycles. The van der Waals surface area contributed by atoms with Crippen LogP contribution in [-0.4, -0.2) is 35.8 Å². The number of aryl methyl sites for hydroxylation is 1. The van der Waals surface area contributed by atoms with Gasteiger partial charge in [-0.2, -0.15) is 0 Å². The van der Waals surface area contributed by atoms with Gasteiger partial charge >= 0.3 is 6.03 Å². The van der Waals surface area contributed by atoms with Crippen LogP contribution in [0.2, 0.25) is 0 Å². The average molecular weight is 312 g/mol. The Morgan fingerprint density at radius 2 is 2.04 bits per heavy atom. The van der Waals surface area contributed by atoms with Crippen molar-refractivity contribution in [1.82, 2.24) is 35.1 Å². The third-order valence-corrected chi connectivity index (χ3v) is 3.26. The van der Waals surface area contributed by atoms with Crippen molar-refractivity contribution in [3.63, 3.8) is 0 Å². The lowest BCUT2D eigenvalue weighted by molar-refractivity contribution is 0.251. The summed E-state index contributed by atoms with van der Waals surface area (Å²) in [6.45, 7) is 3.07. The molecule has 3 rings (SSSR count). The minimum absolute atomic E-state index is 0.302. The van der Waals surface area contributed by atoms with E-state index in [1.54, 1.807) is 35.5 Å². The van der Waals surface area contributed by atoms with Gasteiger partial charge in [-0.3, -0.25) is 0 Å². The van der Waals surface area contributed by atoms with Crippen LogP contribution >= 0.6 is 0 Å². The molecule has 0 saturated heterocycles. The lowest BCUT2D eigenvalue weighted by Gasteiger charge is -2.08. The molecule has 9 nitrogen and oxygen atoms in total. The van der Waals surface area contributed by atoms with Gasteiger partial charge in [0, 0.05) is 12.2 Å². The summed E-state index contributed by atoms with van der Waals surface area (Å²) in [5, 5.41) is 20.9. The zero-order chi connectivity index (χ0) is 16.1. The molecular weight excluding hydrogens is 296 g/mol. The Kier molecular flexibility index (Phi) is 4.27. The van der Waals surface area contributed by atoms with E-state index in [0.29, 0.717) is 18.1 Å². The Hall–Kier alpha value is -3.23. The second-order valence-electron chi connectivity index (χ2n) is 4.74. The molecule has 0 spiro atoms. The standard InChI is InChI=1S/C14H16N8O/c1-2-21-10-17-19-13(21)9-15-14(23)18-11-3-5-12(6-4-11)22-8-7-16-20-22/h3-8,10H,2,9H2,1H3,(H2,15,18,23). The molecule has 0 bridgehead atoms. The van der Waals surface area contributed by atoms with Gasteiger partial charge in [-0.1, -0.05) is 5.21 Å². The molecule has 0 radical (unpaired) electrons. The van der Waals surface area contributed by atoms with E-state index in [1.807, 2.05) is 23.6 Å². The van der Waals surface area contributed by atoms with Crippen LogP contribution in [0.15, 0.2) is 43.0 Å². The smallest absolute Gasteiger partial charge is 0.319 e. The first-order chi connectivity index (χ1) is 11.3. The number of carbonyl (C=O) groups is 1. The fourth-order valence-electron chi connectivity index (χ4n) is 2.06. The number of amides is 2. The van der Waals surface area contributed by atoms with Crippen molar-refractivity contribution in [1.29, 1.82) is 0 Å². The van der Waals surface area contributed by atoms with Crippen LogP contribution in [0.5, 0.6) is 0 Å². The van der Waals surface area contributed by atoms with Crippen LogP contribution in [0, 0.1) is 0 Å². The third kappa shape index (κ3) is 3.51. The van der Waals surface area contributed by atoms with E-state index in [4.69, 9.17) is 0 Å². The number of nitrogens with zero attached hydrogens (tertiary/aromatic N) is 6. The minimum Gasteiger partial charge on any atom is -0.331 e. The summed E-state index contributed by atoms with van der Waals surface area (Å²) >= 11 is 0. The van der Waals surface area contributed by atoms with Gasteiger partial charge in [-0.05, 0) is 31.2 Å². The van der Waals surface area contributed by atoms with Crippen molar-refractivity contribution in [2.45, 2.75) is 20.0 Å². The molecule has 9 heteroatoms. The maximum atomic E-state index is 11.9. The van der Waals surface area contributed by atoms with Gasteiger partial charge in [0.25, 0.3) is 0 Å². The van der Waals surface area contributed by atoms with E-state index < -0.39 is 0 Å². The molecule has 23 heavy (non-hydrogen) atoms. The zero-order valence-electron chi connectivity index (χ0n) is 12.5. The van der Waals surface area contributed by atoms with Crippen LogP contribution in [-0.2, 0) is 13.1 Å². The molecule has 0 aliphatic rings. The van der Waals surface area contributed by atoms with Gasteiger partial charge in [0.05, 0.1) is 24.6 Å². The number of hydrogen-bond donors (Lipinski definition) is 2. The number of aromatic nitrogens is 6. The molecule has 2 heterocycles. The number of benzene rings is 1. The highest BCUT2D eigenvalue weighted by Gasteiger charge is 2.06. The Morgan fingerprint density at radius 1 is 1.22 bits per heavy atom. The van der Waals surface area contributed by atoms with Crippen LogP contribution in [0.4, 0.5) is 10.5 Å². The van der Waals surface area contributed by atoms with E-state index in [-0.39, 0.29) is 6.03 Å². The predicted molar refractivity (Wildman–Crippen MR) is 82.9 cm³/mol. The van der Waals surface area contributed by atoms with Crippen LogP contribution < -0.4 is 10.6 Å². The molecule has 0 atom stereocenters. The fourth-order valence-corrected chi connectivity index (χ4v) is 2.06. The topological polar surface area (TPSA) is 103 Å². The SMILES string of the molecule is CCn1cnnc1CNC(=O)Nc1ccc(-n2ccnn2)cc1. The molecule has 1 aromatic carbocycles. The highest BCUT2D eigenvalue weighted by atomic mass is 16.2. The minimum atomic E-state index is -0.302. The van der Waals surface area contributed by atoms with Crippen molar-refractivity contribution < 1.29 is 4.79 Å². The molecule has 118 valence electrons. The summed E-state index contributed by atoms with van der Waals surface area (Å²) in [5.41, 5.74) is 1.55. The average Bonchev–Trinajstić information content (AvgIpc) is 3.25. The molecule has 0 fully saturated rings. The Labute approximate surface area is 132 Å². The molecular formula is C14H16N8O. The monoisotopic (exact) mass is 312 g/mol. The van der Waals surface area contributed by atoms with Crippen LogP contribution in [0.1, 0.15) is 12.7 Å². The van der Waals surface area contributed by atoms with Crippen LogP contribution in [0.25, 0.3) is 5.69 Å². The number of urea groups is 1. The molecule has 0 unspecified atom stereocenters. The van der Waals surface area contributed by atoms with E-state index in [0.717, 1.165) is 12.2 Å². The highest BCUT2D eigenvalue weighted by Crippen LogP contribution is 2.12. The van der Waals surface area contributed by atoms with Crippen LogP contribution in [0.3, 0.4) is 0 Å². The number of nitrogens with one attached hydrogen (secondary N) is 2. The predicted octanol–water partition coefficient (Wildman–Crippen LogP) is 1.20. The molecule has 0 aliphatic heterocycles. The number of carbonyl (C=O) groups excluding carboxylic acids is 1. The van der Waals surface area contributed by atoms with E-state index >= 15 is 0 Å². The molecule has 2 N–H and O–H groups in total. The molecule has 0 saturated carbocycles. The lowest BCUT2D eigenvalue weighted by atomic mass is 10.3. The summed E-state index contributed by atoms with van der Waals surface area (Å²) in [5.74, 6) is 0.712. The number of anilines is 1. The van der Waals surface area contributed by atoms with E-state index in [2.05, 4.69) is 31.1 Å². The van der Waals surface area contributed by atoms with Gasteiger partial charge in [0.2, 0.25) is 0 Å². The van der Waals surface area contributed by atoms with Crippen molar-refractivity contribution in [3.05, 3.63) is 48.8 Å². The third-order valence-electron chi connectivity index (χ3n) is 3.26. The lowest BCUT2D eigenvalue weighted by Crippen LogP contribution is -2.29. The van der Waals surface area contributed by atoms with Crippen molar-refractivity contribution in [2.24, 2.45) is 0 Å². The number of rotatable bonds is 5. The van der Waals surface area contributed by atoms with Gasteiger partial charge in [0.1, 0.15) is 6.33 Å². The largest absolute Gasteiger partial charge is 0.331 e. The summed E-state index contributed by atoms with van der Waals surface area (Å²) in [6.07, 6.45) is 4.99. The highest BCUT2D eigenvalue weighted by molar-refractivity contribution is 5.89. The summed E-state index contributed by atoms with van der Waals surface area (Å²) in [7, 11) is 0. The Morgan fingerprint density at radius 3 is 2.74 bits per heavy atom. The maximum absolute atomic E-state index is 11.9. The summed E-state index contributed by atoms with van der Waals surface area (Å²) in [4.78, 5) is 11.9.